The van der Waals surface area contributed by atoms with Crippen molar-refractivity contribution < 1.29 is 23.9 Å². The predicted octanol–water partition coefficient (Wildman–Crippen LogP) is 2.58. The summed E-state index contributed by atoms with van der Waals surface area (Å²) < 4.78 is 9.99. The Kier molecular flexibility index (Phi) is 6.12. The molecular weight excluding hydrogens is 272 g/mol. The van der Waals surface area contributed by atoms with Gasteiger partial charge in [0, 0.05) is 5.57 Å². The molecule has 0 aliphatic heterocycles. The molecule has 0 radical (unpaired) electrons. The van der Waals surface area contributed by atoms with E-state index in [0.717, 1.165) is 25.7 Å². The van der Waals surface area contributed by atoms with Crippen molar-refractivity contribution in [3.8, 4) is 0 Å². The molecule has 0 aromatic carbocycles. The molecule has 0 saturated heterocycles. The maximum atomic E-state index is 11.8. The first-order valence-corrected chi connectivity index (χ1v) is 7.33. The Hall–Kier alpha value is -1.65. The maximum Gasteiger partial charge on any atom is 0.378 e. The number of ether oxygens (including phenoxy) is 2. The lowest BCUT2D eigenvalue weighted by molar-refractivity contribution is -0.171. The number of carbonyl (C=O) groups excluding carboxylic acids is 3. The van der Waals surface area contributed by atoms with Gasteiger partial charge in [-0.15, -0.1) is 0 Å². The van der Waals surface area contributed by atoms with Crippen molar-refractivity contribution in [1.82, 2.24) is 0 Å². The highest BCUT2D eigenvalue weighted by Crippen LogP contribution is 2.34. The second-order valence-corrected chi connectivity index (χ2v) is 6.11. The largest absolute Gasteiger partial charge is 0.454 e. The van der Waals surface area contributed by atoms with Gasteiger partial charge in [-0.25, -0.2) is 9.59 Å². The molecule has 0 aromatic rings. The van der Waals surface area contributed by atoms with Gasteiger partial charge < -0.3 is 9.47 Å². The molecule has 1 rings (SSSR count). The number of Topliss-reactive ketones (excluding diaryl/α,β-unsaturated/α-hetero) is 1. The van der Waals surface area contributed by atoms with Crippen molar-refractivity contribution in [3.63, 3.8) is 0 Å². The van der Waals surface area contributed by atoms with Crippen LogP contribution in [-0.4, -0.2) is 29.9 Å². The first-order chi connectivity index (χ1) is 9.74. The Bertz CT molecular complexity index is 430. The third kappa shape index (κ3) is 5.33. The van der Waals surface area contributed by atoms with Crippen molar-refractivity contribution in [2.24, 2.45) is 5.92 Å². The summed E-state index contributed by atoms with van der Waals surface area (Å²) in [7, 11) is 0. The summed E-state index contributed by atoms with van der Waals surface area (Å²) in [5, 5.41) is 0. The number of esters is 2. The van der Waals surface area contributed by atoms with Crippen LogP contribution in [0.4, 0.5) is 0 Å². The molecule has 5 nitrogen and oxygen atoms in total. The van der Waals surface area contributed by atoms with Gasteiger partial charge >= 0.3 is 11.9 Å². The van der Waals surface area contributed by atoms with E-state index in [1.54, 1.807) is 0 Å². The smallest absolute Gasteiger partial charge is 0.378 e. The molecule has 0 unspecified atom stereocenters. The van der Waals surface area contributed by atoms with Crippen molar-refractivity contribution in [2.45, 2.75) is 58.5 Å². The van der Waals surface area contributed by atoms with Crippen LogP contribution in [0.5, 0.6) is 0 Å². The van der Waals surface area contributed by atoms with Gasteiger partial charge in [-0.2, -0.15) is 0 Å². The zero-order chi connectivity index (χ0) is 16.0. The van der Waals surface area contributed by atoms with E-state index in [9.17, 15) is 14.4 Å². The average molecular weight is 296 g/mol. The van der Waals surface area contributed by atoms with E-state index < -0.39 is 29.9 Å². The number of rotatable bonds is 6. The molecule has 1 saturated carbocycles. The van der Waals surface area contributed by atoms with Crippen LogP contribution >= 0.6 is 0 Å². The van der Waals surface area contributed by atoms with E-state index in [2.05, 4.69) is 11.3 Å². The Labute approximate surface area is 125 Å². The second-order valence-electron chi connectivity index (χ2n) is 6.11. The summed E-state index contributed by atoms with van der Waals surface area (Å²) in [6, 6.07) is 0. The fourth-order valence-electron chi connectivity index (χ4n) is 2.49. The molecule has 1 fully saturated rings. The molecule has 1 aliphatic carbocycles. The molecule has 0 spiro atoms. The lowest BCUT2D eigenvalue weighted by Gasteiger charge is -2.36. The van der Waals surface area contributed by atoms with Crippen LogP contribution in [0.25, 0.3) is 0 Å². The first kappa shape index (κ1) is 17.4. The summed E-state index contributed by atoms with van der Waals surface area (Å²) >= 11 is 0. The minimum absolute atomic E-state index is 0.179. The molecule has 0 N–H and O–H groups in total. The van der Waals surface area contributed by atoms with Gasteiger partial charge in [0.2, 0.25) is 0 Å². The van der Waals surface area contributed by atoms with Gasteiger partial charge in [0.15, 0.2) is 6.61 Å². The van der Waals surface area contributed by atoms with Crippen molar-refractivity contribution >= 4 is 17.7 Å². The minimum atomic E-state index is -0.944. The summed E-state index contributed by atoms with van der Waals surface area (Å²) in [5.74, 6) is -2.22. The van der Waals surface area contributed by atoms with Crippen LogP contribution in [0.2, 0.25) is 0 Å². The monoisotopic (exact) mass is 296 g/mol. The zero-order valence-electron chi connectivity index (χ0n) is 13.1. The van der Waals surface area contributed by atoms with Crippen LogP contribution in [0.15, 0.2) is 12.2 Å². The highest BCUT2D eigenvalue weighted by Gasteiger charge is 2.35. The van der Waals surface area contributed by atoms with Gasteiger partial charge in [0.25, 0.3) is 5.78 Å². The third-order valence-electron chi connectivity index (χ3n) is 3.85. The standard InChI is InChI=1S/C16H24O5/c1-11(2)14(18)20-10-13(17)15(19)21-16(3,4)12-8-6-5-7-9-12/h12H,1,5-10H2,2-4H3. The van der Waals surface area contributed by atoms with Gasteiger partial charge in [-0.1, -0.05) is 25.8 Å². The Morgan fingerprint density at radius 2 is 1.67 bits per heavy atom. The van der Waals surface area contributed by atoms with Crippen molar-refractivity contribution in [2.75, 3.05) is 6.61 Å². The van der Waals surface area contributed by atoms with Gasteiger partial charge in [-0.05, 0) is 39.5 Å². The fraction of sp³-hybridized carbons (Fsp3) is 0.688. The number of carbonyl (C=O) groups is 3. The molecule has 0 atom stereocenters. The van der Waals surface area contributed by atoms with Crippen LogP contribution in [0.3, 0.4) is 0 Å². The molecule has 21 heavy (non-hydrogen) atoms. The van der Waals surface area contributed by atoms with Gasteiger partial charge in [0.1, 0.15) is 5.60 Å². The topological polar surface area (TPSA) is 69.7 Å². The maximum absolute atomic E-state index is 11.8. The van der Waals surface area contributed by atoms with Crippen LogP contribution in [-0.2, 0) is 23.9 Å². The number of hydrogen-bond donors (Lipinski definition) is 0. The highest BCUT2D eigenvalue weighted by atomic mass is 16.6. The minimum Gasteiger partial charge on any atom is -0.454 e. The zero-order valence-corrected chi connectivity index (χ0v) is 13.1. The van der Waals surface area contributed by atoms with Gasteiger partial charge in [0.05, 0.1) is 0 Å². The van der Waals surface area contributed by atoms with E-state index in [4.69, 9.17) is 4.74 Å². The summed E-state index contributed by atoms with van der Waals surface area (Å²) in [6.45, 7) is 7.91. The lowest BCUT2D eigenvalue weighted by Crippen LogP contribution is -2.40. The van der Waals surface area contributed by atoms with Crippen LogP contribution < -0.4 is 0 Å². The SMILES string of the molecule is C=C(C)C(=O)OCC(=O)C(=O)OC(C)(C)C1CCCCC1. The van der Waals surface area contributed by atoms with E-state index in [1.165, 1.54) is 13.3 Å². The van der Waals surface area contributed by atoms with Crippen LogP contribution in [0.1, 0.15) is 52.9 Å². The van der Waals surface area contributed by atoms with E-state index in [0.29, 0.717) is 0 Å². The first-order valence-electron chi connectivity index (χ1n) is 7.33. The third-order valence-corrected chi connectivity index (χ3v) is 3.85. The Morgan fingerprint density at radius 1 is 1.10 bits per heavy atom. The quantitative estimate of drug-likeness (QED) is 0.428. The highest BCUT2D eigenvalue weighted by molar-refractivity contribution is 6.34. The van der Waals surface area contributed by atoms with E-state index >= 15 is 0 Å². The average Bonchev–Trinajstić information content (AvgIpc) is 2.44. The normalized spacial score (nSPS) is 16.1. The van der Waals surface area contributed by atoms with E-state index in [1.807, 2.05) is 13.8 Å². The summed E-state index contributed by atoms with van der Waals surface area (Å²) in [5.41, 5.74) is -0.496. The molecule has 118 valence electrons. The lowest BCUT2D eigenvalue weighted by atomic mass is 9.79. The summed E-state index contributed by atoms with van der Waals surface area (Å²) in [4.78, 5) is 34.6. The molecule has 0 heterocycles. The Balaban J connectivity index is 2.48. The van der Waals surface area contributed by atoms with E-state index in [-0.39, 0.29) is 11.5 Å². The fourth-order valence-corrected chi connectivity index (χ4v) is 2.49. The number of hydrogen-bond acceptors (Lipinski definition) is 5. The summed E-state index contributed by atoms with van der Waals surface area (Å²) in [6.07, 6.45) is 5.44. The second kappa shape index (κ2) is 7.38. The van der Waals surface area contributed by atoms with Crippen LogP contribution in [0, 0.1) is 5.92 Å². The Morgan fingerprint density at radius 3 is 2.19 bits per heavy atom. The molecule has 5 heteroatoms. The molecule has 1 aliphatic rings. The predicted molar refractivity (Wildman–Crippen MR) is 77.5 cm³/mol. The molecular formula is C16H24O5. The molecule has 0 bridgehead atoms. The number of ketones is 1. The van der Waals surface area contributed by atoms with Crippen molar-refractivity contribution in [1.29, 1.82) is 0 Å². The molecule has 0 aromatic heterocycles. The van der Waals surface area contributed by atoms with Gasteiger partial charge in [-0.3, -0.25) is 4.79 Å². The van der Waals surface area contributed by atoms with Crippen molar-refractivity contribution in [3.05, 3.63) is 12.2 Å². The molecule has 0 amide bonds.